The van der Waals surface area contributed by atoms with Gasteiger partial charge in [0, 0.05) is 30.1 Å². The van der Waals surface area contributed by atoms with Gasteiger partial charge in [-0.2, -0.15) is 0 Å². The molecule has 7 heteroatoms. The molecule has 1 amide bonds. The summed E-state index contributed by atoms with van der Waals surface area (Å²) in [6.45, 7) is 0.972. The van der Waals surface area contributed by atoms with Crippen LogP contribution in [-0.2, 0) is 6.54 Å². The van der Waals surface area contributed by atoms with E-state index in [9.17, 15) is 4.79 Å². The molecule has 3 aromatic rings. The first-order chi connectivity index (χ1) is 10.8. The molecule has 0 saturated heterocycles. The van der Waals surface area contributed by atoms with Crippen LogP contribution in [0.5, 0.6) is 0 Å². The van der Waals surface area contributed by atoms with Crippen molar-refractivity contribution in [2.75, 3.05) is 11.1 Å². The molecular formula is C15H12N4O2S. The highest BCUT2D eigenvalue weighted by molar-refractivity contribution is 7.99. The van der Waals surface area contributed by atoms with Crippen molar-refractivity contribution in [3.63, 3.8) is 0 Å². The first kappa shape index (κ1) is 13.1. The highest BCUT2D eigenvalue weighted by Crippen LogP contribution is 2.32. The Labute approximate surface area is 130 Å². The van der Waals surface area contributed by atoms with E-state index in [0.29, 0.717) is 5.69 Å². The number of amides is 1. The van der Waals surface area contributed by atoms with Crippen molar-refractivity contribution in [3.8, 4) is 11.3 Å². The number of carbonyl (C=O) groups is 1. The maximum atomic E-state index is 12.1. The highest BCUT2D eigenvalue weighted by Gasteiger charge is 2.18. The Morgan fingerprint density at radius 3 is 3.05 bits per heavy atom. The predicted octanol–water partition coefficient (Wildman–Crippen LogP) is 2.90. The van der Waals surface area contributed by atoms with Gasteiger partial charge in [0.25, 0.3) is 5.91 Å². The van der Waals surface area contributed by atoms with Crippen LogP contribution in [-0.4, -0.2) is 26.4 Å². The molecule has 0 fully saturated rings. The van der Waals surface area contributed by atoms with E-state index in [4.69, 9.17) is 4.52 Å². The Hall–Kier alpha value is -2.54. The summed E-state index contributed by atoms with van der Waals surface area (Å²) in [5.41, 5.74) is 2.44. The van der Waals surface area contributed by atoms with Crippen molar-refractivity contribution in [2.24, 2.45) is 0 Å². The fraction of sp³-hybridized carbons (Fsp3) is 0.133. The van der Waals surface area contributed by atoms with Crippen LogP contribution in [0.3, 0.4) is 0 Å². The number of thioether (sulfide) groups is 1. The van der Waals surface area contributed by atoms with Crippen LogP contribution in [0.15, 0.2) is 52.4 Å². The van der Waals surface area contributed by atoms with Gasteiger partial charge in [0.2, 0.25) is 5.76 Å². The van der Waals surface area contributed by atoms with Gasteiger partial charge in [-0.1, -0.05) is 35.1 Å². The minimum Gasteiger partial charge on any atom is -0.351 e. The molecule has 0 unspecified atom stereocenters. The predicted molar refractivity (Wildman–Crippen MR) is 82.8 cm³/mol. The van der Waals surface area contributed by atoms with Crippen molar-refractivity contribution in [2.45, 2.75) is 11.7 Å². The minimum absolute atomic E-state index is 0.178. The van der Waals surface area contributed by atoms with Crippen molar-refractivity contribution >= 4 is 23.4 Å². The molecule has 0 saturated carbocycles. The number of rotatable bonds is 3. The molecule has 1 N–H and O–H groups in total. The van der Waals surface area contributed by atoms with Gasteiger partial charge in [-0.3, -0.25) is 4.79 Å². The smallest absolute Gasteiger partial charge is 0.294 e. The molecule has 1 aliphatic heterocycles. The van der Waals surface area contributed by atoms with E-state index >= 15 is 0 Å². The van der Waals surface area contributed by atoms with Gasteiger partial charge >= 0.3 is 0 Å². The van der Waals surface area contributed by atoms with E-state index in [1.54, 1.807) is 11.8 Å². The van der Waals surface area contributed by atoms with Gasteiger partial charge < -0.3 is 14.4 Å². The lowest BCUT2D eigenvalue weighted by Gasteiger charge is -2.08. The molecule has 6 nitrogen and oxygen atoms in total. The number of anilines is 1. The molecule has 2 aromatic heterocycles. The van der Waals surface area contributed by atoms with Gasteiger partial charge in [0.1, 0.15) is 0 Å². The molecule has 1 aromatic carbocycles. The van der Waals surface area contributed by atoms with Crippen LogP contribution in [0.1, 0.15) is 10.6 Å². The molecule has 0 spiro atoms. The Bertz CT molecular complexity index is 804. The Kier molecular flexibility index (Phi) is 3.19. The number of aromatic nitrogens is 3. The number of hydrogen-bond acceptors (Lipinski definition) is 5. The van der Waals surface area contributed by atoms with Crippen molar-refractivity contribution in [3.05, 3.63) is 48.5 Å². The SMILES string of the molecule is O=C(Nc1ccccc1-c1cn2c(n1)SCC2)c1ccno1. The van der Waals surface area contributed by atoms with Crippen LogP contribution in [0.4, 0.5) is 5.69 Å². The summed E-state index contributed by atoms with van der Waals surface area (Å²) >= 11 is 1.74. The summed E-state index contributed by atoms with van der Waals surface area (Å²) in [7, 11) is 0. The van der Waals surface area contributed by atoms with Crippen molar-refractivity contribution in [1.29, 1.82) is 0 Å². The second-order valence-electron chi connectivity index (χ2n) is 4.83. The number of benzene rings is 1. The van der Waals surface area contributed by atoms with Crippen LogP contribution in [0, 0.1) is 0 Å². The first-order valence-corrected chi connectivity index (χ1v) is 7.81. The summed E-state index contributed by atoms with van der Waals surface area (Å²) in [4.78, 5) is 16.8. The van der Waals surface area contributed by atoms with Crippen molar-refractivity contribution in [1.82, 2.24) is 14.7 Å². The third kappa shape index (κ3) is 2.29. The number of nitrogens with one attached hydrogen (secondary N) is 1. The summed E-state index contributed by atoms with van der Waals surface area (Å²) in [6.07, 6.45) is 3.47. The minimum atomic E-state index is -0.328. The second kappa shape index (κ2) is 5.34. The maximum absolute atomic E-state index is 12.1. The third-order valence-electron chi connectivity index (χ3n) is 3.42. The Morgan fingerprint density at radius 1 is 1.32 bits per heavy atom. The van der Waals surface area contributed by atoms with Crippen LogP contribution in [0.2, 0.25) is 0 Å². The molecule has 22 heavy (non-hydrogen) atoms. The van der Waals surface area contributed by atoms with E-state index < -0.39 is 0 Å². The Balaban J connectivity index is 1.67. The average Bonchev–Trinajstić information content (AvgIpc) is 3.24. The Morgan fingerprint density at radius 2 is 2.23 bits per heavy atom. The summed E-state index contributed by atoms with van der Waals surface area (Å²) < 4.78 is 7.01. The monoisotopic (exact) mass is 312 g/mol. The zero-order chi connectivity index (χ0) is 14.9. The zero-order valence-corrected chi connectivity index (χ0v) is 12.3. The lowest BCUT2D eigenvalue weighted by atomic mass is 10.1. The van der Waals surface area contributed by atoms with E-state index in [1.165, 1.54) is 12.3 Å². The number of aryl methyl sites for hydroxylation is 1. The van der Waals surface area contributed by atoms with Gasteiger partial charge in [-0.15, -0.1) is 0 Å². The maximum Gasteiger partial charge on any atom is 0.294 e. The number of para-hydroxylation sites is 1. The molecule has 1 aliphatic rings. The number of nitrogens with zero attached hydrogens (tertiary/aromatic N) is 3. The van der Waals surface area contributed by atoms with Crippen molar-refractivity contribution < 1.29 is 9.32 Å². The van der Waals surface area contributed by atoms with E-state index in [-0.39, 0.29) is 11.7 Å². The zero-order valence-electron chi connectivity index (χ0n) is 11.5. The molecule has 4 rings (SSSR count). The number of fused-ring (bicyclic) bond motifs is 1. The second-order valence-corrected chi connectivity index (χ2v) is 5.89. The van der Waals surface area contributed by atoms with Gasteiger partial charge in [0.05, 0.1) is 17.6 Å². The van der Waals surface area contributed by atoms with Gasteiger partial charge in [-0.05, 0) is 6.07 Å². The molecular weight excluding hydrogens is 300 g/mol. The largest absolute Gasteiger partial charge is 0.351 e. The fourth-order valence-electron chi connectivity index (χ4n) is 2.37. The molecule has 3 heterocycles. The highest BCUT2D eigenvalue weighted by atomic mass is 32.2. The normalized spacial score (nSPS) is 13.1. The molecule has 0 bridgehead atoms. The van der Waals surface area contributed by atoms with Gasteiger partial charge in [0.15, 0.2) is 5.16 Å². The van der Waals surface area contributed by atoms with Gasteiger partial charge in [-0.25, -0.2) is 4.98 Å². The molecule has 0 aliphatic carbocycles. The third-order valence-corrected chi connectivity index (χ3v) is 4.39. The lowest BCUT2D eigenvalue weighted by molar-refractivity contribution is 0.0988. The number of imidazole rings is 1. The lowest BCUT2D eigenvalue weighted by Crippen LogP contribution is -2.11. The molecule has 0 atom stereocenters. The van der Waals surface area contributed by atoms with E-state index in [1.807, 2.05) is 30.5 Å². The number of carbonyl (C=O) groups excluding carboxylic acids is 1. The number of hydrogen-bond donors (Lipinski definition) is 1. The first-order valence-electron chi connectivity index (χ1n) is 6.83. The van der Waals surface area contributed by atoms with E-state index in [2.05, 4.69) is 20.0 Å². The standard InChI is InChI=1S/C15H12N4O2S/c20-14(13-5-6-16-21-13)17-11-4-2-1-3-10(11)12-9-19-7-8-22-15(19)18-12/h1-6,9H,7-8H2,(H,17,20). The van der Waals surface area contributed by atoms with E-state index in [0.717, 1.165) is 28.7 Å². The summed E-state index contributed by atoms with van der Waals surface area (Å²) in [6, 6.07) is 9.12. The average molecular weight is 312 g/mol. The van der Waals surface area contributed by atoms with Crippen LogP contribution >= 0.6 is 11.8 Å². The van der Waals surface area contributed by atoms with Crippen LogP contribution in [0.25, 0.3) is 11.3 Å². The fourth-order valence-corrected chi connectivity index (χ4v) is 3.31. The summed E-state index contributed by atoms with van der Waals surface area (Å²) in [5, 5.41) is 7.41. The van der Waals surface area contributed by atoms with Crippen LogP contribution < -0.4 is 5.32 Å². The molecule has 110 valence electrons. The molecule has 0 radical (unpaired) electrons. The topological polar surface area (TPSA) is 73.0 Å². The quantitative estimate of drug-likeness (QED) is 0.805. The summed E-state index contributed by atoms with van der Waals surface area (Å²) in [5.74, 6) is 0.913.